The monoisotopic (exact) mass is 521 g/mol. The topological polar surface area (TPSA) is 132 Å². The number of ether oxygens (including phenoxy) is 2. The van der Waals surface area contributed by atoms with Crippen molar-refractivity contribution in [2.75, 3.05) is 19.0 Å². The lowest BCUT2D eigenvalue weighted by molar-refractivity contribution is 0.0527. The minimum absolute atomic E-state index is 0.158. The number of anilines is 1. The van der Waals surface area contributed by atoms with Crippen molar-refractivity contribution in [3.63, 3.8) is 0 Å². The number of para-hydroxylation sites is 1. The first-order valence-electron chi connectivity index (χ1n) is 10.6. The third-order valence-corrected chi connectivity index (χ3v) is 7.20. The molecule has 0 bridgehead atoms. The molecule has 0 unspecified atom stereocenters. The van der Waals surface area contributed by atoms with Gasteiger partial charge in [-0.1, -0.05) is 18.2 Å². The average molecular weight is 522 g/mol. The fourth-order valence-electron chi connectivity index (χ4n) is 3.39. The van der Waals surface area contributed by atoms with Crippen LogP contribution in [0.1, 0.15) is 37.5 Å². The van der Waals surface area contributed by atoms with Crippen molar-refractivity contribution < 1.29 is 23.5 Å². The van der Waals surface area contributed by atoms with E-state index in [-0.39, 0.29) is 28.2 Å². The minimum Gasteiger partial charge on any atom is -0.465 e. The van der Waals surface area contributed by atoms with E-state index in [2.05, 4.69) is 16.4 Å². The average Bonchev–Trinajstić information content (AvgIpc) is 3.48. The largest absolute Gasteiger partial charge is 0.465 e. The first-order chi connectivity index (χ1) is 17.4. The van der Waals surface area contributed by atoms with Crippen molar-refractivity contribution in [3.05, 3.63) is 73.3 Å². The number of thiazole rings is 1. The van der Waals surface area contributed by atoms with Crippen molar-refractivity contribution in [1.29, 1.82) is 5.26 Å². The predicted molar refractivity (Wildman–Crippen MR) is 137 cm³/mol. The zero-order valence-corrected chi connectivity index (χ0v) is 21.0. The second-order valence-electron chi connectivity index (χ2n) is 7.31. The summed E-state index contributed by atoms with van der Waals surface area (Å²) in [4.78, 5) is 41.9. The molecule has 182 valence electrons. The van der Waals surface area contributed by atoms with E-state index in [1.54, 1.807) is 37.4 Å². The summed E-state index contributed by atoms with van der Waals surface area (Å²) in [5.41, 5.74) is 1.36. The summed E-state index contributed by atoms with van der Waals surface area (Å²) in [7, 11) is 1.25. The molecule has 9 nitrogen and oxygen atoms in total. The van der Waals surface area contributed by atoms with E-state index in [1.165, 1.54) is 24.6 Å². The molecule has 11 heteroatoms. The number of carbonyl (C=O) groups excluding carboxylic acids is 2. The molecule has 0 saturated heterocycles. The lowest BCUT2D eigenvalue weighted by atomic mass is 10.1. The van der Waals surface area contributed by atoms with Crippen LogP contribution in [0, 0.1) is 18.3 Å². The van der Waals surface area contributed by atoms with Gasteiger partial charge in [0.05, 0.1) is 30.5 Å². The van der Waals surface area contributed by atoms with Gasteiger partial charge in [-0.3, -0.25) is 0 Å². The third-order valence-electron chi connectivity index (χ3n) is 5.12. The van der Waals surface area contributed by atoms with Crippen LogP contribution in [-0.2, 0) is 9.47 Å². The van der Waals surface area contributed by atoms with Gasteiger partial charge in [0.2, 0.25) is 0 Å². The zero-order chi connectivity index (χ0) is 25.8. The molecule has 0 saturated carbocycles. The molecule has 0 amide bonds. The van der Waals surface area contributed by atoms with Gasteiger partial charge in [-0.15, -0.1) is 22.7 Å². The second kappa shape index (κ2) is 10.6. The van der Waals surface area contributed by atoms with Gasteiger partial charge in [-0.25, -0.2) is 19.4 Å². The van der Waals surface area contributed by atoms with Crippen LogP contribution in [0.3, 0.4) is 0 Å². The summed E-state index contributed by atoms with van der Waals surface area (Å²) in [5, 5.41) is 15.8. The molecule has 36 heavy (non-hydrogen) atoms. The van der Waals surface area contributed by atoms with Crippen molar-refractivity contribution >= 4 is 56.2 Å². The number of allylic oxidation sites excluding steroid dienone is 1. The number of hydrogen-bond acceptors (Lipinski definition) is 11. The number of methoxy groups -OCH3 is 1. The van der Waals surface area contributed by atoms with E-state index in [1.807, 2.05) is 12.1 Å². The highest BCUT2D eigenvalue weighted by molar-refractivity contribution is 7.18. The smallest absolute Gasteiger partial charge is 0.348 e. The Bertz CT molecular complexity index is 1610. The number of carbonyl (C=O) groups is 2. The molecule has 0 aliphatic carbocycles. The number of hydrogen-bond donors (Lipinski definition) is 1. The maximum atomic E-state index is 12.5. The molecule has 1 N–H and O–H groups in total. The molecule has 0 spiro atoms. The van der Waals surface area contributed by atoms with Crippen LogP contribution in [0.5, 0.6) is 0 Å². The number of benzene rings is 1. The number of nitrogens with one attached hydrogen (secondary N) is 1. The number of nitriles is 1. The van der Waals surface area contributed by atoms with Crippen LogP contribution in [0.2, 0.25) is 0 Å². The first kappa shape index (κ1) is 24.8. The molecule has 4 rings (SSSR count). The van der Waals surface area contributed by atoms with Gasteiger partial charge >= 0.3 is 17.6 Å². The molecule has 0 fully saturated rings. The molecular formula is C25H19N3O6S2. The quantitative estimate of drug-likeness (QED) is 0.197. The van der Waals surface area contributed by atoms with Crippen LogP contribution >= 0.6 is 22.7 Å². The Balaban J connectivity index is 1.68. The summed E-state index contributed by atoms with van der Waals surface area (Å²) in [6, 6.07) is 10.9. The highest BCUT2D eigenvalue weighted by Crippen LogP contribution is 2.35. The van der Waals surface area contributed by atoms with Crippen molar-refractivity contribution in [3.8, 4) is 17.3 Å². The molecular weight excluding hydrogens is 502 g/mol. The van der Waals surface area contributed by atoms with E-state index in [0.717, 1.165) is 16.7 Å². The second-order valence-corrected chi connectivity index (χ2v) is 9.19. The molecule has 4 aromatic rings. The lowest BCUT2D eigenvalue weighted by Crippen LogP contribution is -2.08. The molecule has 1 aromatic carbocycles. The highest BCUT2D eigenvalue weighted by atomic mass is 32.1. The Morgan fingerprint density at radius 2 is 2.06 bits per heavy atom. The number of fused-ring (bicyclic) bond motifs is 1. The summed E-state index contributed by atoms with van der Waals surface area (Å²) >= 11 is 2.19. The van der Waals surface area contributed by atoms with E-state index < -0.39 is 17.6 Å². The first-order valence-corrected chi connectivity index (χ1v) is 12.3. The highest BCUT2D eigenvalue weighted by Gasteiger charge is 2.26. The van der Waals surface area contributed by atoms with Gasteiger partial charge < -0.3 is 19.2 Å². The van der Waals surface area contributed by atoms with E-state index >= 15 is 0 Å². The van der Waals surface area contributed by atoms with Crippen LogP contribution in [-0.4, -0.2) is 30.6 Å². The van der Waals surface area contributed by atoms with Crippen molar-refractivity contribution in [1.82, 2.24) is 4.98 Å². The maximum absolute atomic E-state index is 12.5. The van der Waals surface area contributed by atoms with Gasteiger partial charge in [-0.05, 0) is 31.5 Å². The number of thiophene rings is 1. The van der Waals surface area contributed by atoms with Crippen LogP contribution in [0.25, 0.3) is 27.8 Å². The maximum Gasteiger partial charge on any atom is 0.348 e. The lowest BCUT2D eigenvalue weighted by Gasteiger charge is -2.05. The number of nitrogens with zero attached hydrogens (tertiary/aromatic N) is 2. The standard InChI is InChI=1S/C25H19N3O6S2/c1-4-33-24(30)19-13(2)20(25(31)32-3)36-22(19)27-11-15(10-26)21-28-17(12-35-21)16-9-14-7-5-6-8-18(14)34-23(16)29/h5-9,11-12,27H,4H2,1-3H3/b15-11-. The van der Waals surface area contributed by atoms with Gasteiger partial charge in [0.15, 0.2) is 0 Å². The number of aromatic nitrogens is 1. The Morgan fingerprint density at radius 3 is 2.78 bits per heavy atom. The van der Waals surface area contributed by atoms with Crippen LogP contribution in [0.4, 0.5) is 5.00 Å². The van der Waals surface area contributed by atoms with E-state index in [9.17, 15) is 19.6 Å². The van der Waals surface area contributed by atoms with E-state index in [0.29, 0.717) is 26.8 Å². The van der Waals surface area contributed by atoms with Gasteiger partial charge in [0.1, 0.15) is 32.1 Å². The Labute approximate surface area is 213 Å². The predicted octanol–water partition coefficient (Wildman–Crippen LogP) is 5.23. The van der Waals surface area contributed by atoms with Gasteiger partial charge in [0.25, 0.3) is 0 Å². The fourth-order valence-corrected chi connectivity index (χ4v) is 5.26. The minimum atomic E-state index is -0.602. The third kappa shape index (κ3) is 4.77. The molecule has 3 aromatic heterocycles. The number of esters is 2. The fraction of sp³-hybridized carbons (Fsp3) is 0.160. The summed E-state index contributed by atoms with van der Waals surface area (Å²) in [6.07, 6.45) is 1.39. The van der Waals surface area contributed by atoms with E-state index in [4.69, 9.17) is 13.9 Å². The molecule has 0 radical (unpaired) electrons. The van der Waals surface area contributed by atoms with Gasteiger partial charge in [-0.2, -0.15) is 5.26 Å². The normalized spacial score (nSPS) is 11.2. The molecule has 3 heterocycles. The number of rotatable bonds is 7. The SMILES string of the molecule is CCOC(=O)c1c(N/C=C(/C#N)c2nc(-c3cc4ccccc4oc3=O)cs2)sc(C(=O)OC)c1C. The van der Waals surface area contributed by atoms with Crippen LogP contribution in [0.15, 0.2) is 51.1 Å². The van der Waals surface area contributed by atoms with Crippen molar-refractivity contribution in [2.45, 2.75) is 13.8 Å². The summed E-state index contributed by atoms with van der Waals surface area (Å²) < 4.78 is 15.3. The summed E-state index contributed by atoms with van der Waals surface area (Å²) in [6.45, 7) is 3.46. The Kier molecular flexibility index (Phi) is 7.28. The molecule has 0 atom stereocenters. The van der Waals surface area contributed by atoms with Crippen LogP contribution < -0.4 is 10.9 Å². The molecule has 0 aliphatic heterocycles. The van der Waals surface area contributed by atoms with Gasteiger partial charge in [0, 0.05) is 17.0 Å². The molecule has 0 aliphatic rings. The zero-order valence-electron chi connectivity index (χ0n) is 19.4. The summed E-state index contributed by atoms with van der Waals surface area (Å²) in [5.74, 6) is -1.19. The van der Waals surface area contributed by atoms with Crippen molar-refractivity contribution in [2.24, 2.45) is 0 Å². The Hall–Kier alpha value is -4.27. The Morgan fingerprint density at radius 1 is 1.28 bits per heavy atom.